The highest BCUT2D eigenvalue weighted by Gasteiger charge is 2.27. The summed E-state index contributed by atoms with van der Waals surface area (Å²) in [5, 5.41) is 14.7. The van der Waals surface area contributed by atoms with E-state index in [0.29, 0.717) is 28.5 Å². The van der Waals surface area contributed by atoms with Crippen LogP contribution in [0.1, 0.15) is 12.8 Å². The van der Waals surface area contributed by atoms with E-state index >= 15 is 0 Å². The fourth-order valence-electron chi connectivity index (χ4n) is 2.67. The predicted molar refractivity (Wildman–Crippen MR) is 99.2 cm³/mol. The van der Waals surface area contributed by atoms with Crippen LogP contribution in [0.4, 0.5) is 5.69 Å². The van der Waals surface area contributed by atoms with Gasteiger partial charge in [-0.15, -0.1) is 0 Å². The molecule has 2 heterocycles. The van der Waals surface area contributed by atoms with Crippen LogP contribution < -0.4 is 10.0 Å². The average Bonchev–Trinajstić information content (AvgIpc) is 3.17. The van der Waals surface area contributed by atoms with Gasteiger partial charge >= 0.3 is 0 Å². The number of anilines is 1. The number of carbonyl (C=O) groups excluding carboxylic acids is 1. The summed E-state index contributed by atoms with van der Waals surface area (Å²) in [6.07, 6.45) is 3.10. The number of rotatable bonds is 6. The number of nitrogens with zero attached hydrogens (tertiary/aromatic N) is 2. The maximum atomic E-state index is 12.6. The summed E-state index contributed by atoms with van der Waals surface area (Å²) in [6, 6.07) is 11.2. The molecule has 26 heavy (non-hydrogen) atoms. The maximum Gasteiger partial charge on any atom is 0.251 e. The van der Waals surface area contributed by atoms with Crippen molar-refractivity contribution in [1.82, 2.24) is 4.31 Å². The second kappa shape index (κ2) is 8.07. The van der Waals surface area contributed by atoms with Crippen LogP contribution in [0.5, 0.6) is 0 Å². The number of aromatic nitrogens is 1. The predicted octanol–water partition coefficient (Wildman–Crippen LogP) is 1.84. The molecule has 1 saturated heterocycles. The first kappa shape index (κ1) is 18.7. The fourth-order valence-corrected chi connectivity index (χ4v) is 4.95. The van der Waals surface area contributed by atoms with Gasteiger partial charge in [-0.25, -0.2) is 8.42 Å². The van der Waals surface area contributed by atoms with Gasteiger partial charge < -0.3 is 10.5 Å². The molecule has 0 spiro atoms. The highest BCUT2D eigenvalue weighted by molar-refractivity contribution is 7.99. The van der Waals surface area contributed by atoms with Crippen LogP contribution in [-0.4, -0.2) is 37.5 Å². The molecule has 1 amide bonds. The lowest BCUT2D eigenvalue weighted by molar-refractivity contribution is -0.645. The molecule has 9 heteroatoms. The minimum absolute atomic E-state index is 0.0509. The van der Waals surface area contributed by atoms with Crippen molar-refractivity contribution in [3.05, 3.63) is 53.9 Å². The van der Waals surface area contributed by atoms with Gasteiger partial charge in [0.25, 0.3) is 5.03 Å². The molecule has 2 aromatic rings. The van der Waals surface area contributed by atoms with Crippen LogP contribution in [0.2, 0.25) is 0 Å². The molecular formula is C17H19N3O4S2. The van der Waals surface area contributed by atoms with Crippen molar-refractivity contribution in [2.24, 2.45) is 0 Å². The van der Waals surface area contributed by atoms with Crippen molar-refractivity contribution in [2.45, 2.75) is 22.8 Å². The highest BCUT2D eigenvalue weighted by Crippen LogP contribution is 2.23. The summed E-state index contributed by atoms with van der Waals surface area (Å²) < 4.78 is 27.3. The molecule has 1 aromatic carbocycles. The van der Waals surface area contributed by atoms with Crippen molar-refractivity contribution in [1.29, 1.82) is 0 Å². The standard InChI is InChI=1S/C17H19N3O4S2/c21-16(13-25-17-8-1-2-11-20(17)22)18-14-6-5-7-15(12-14)26(23,24)19-9-3-4-10-19/h1-2,5-8,11-12H,3-4,9-10,13H2,(H,18,21). The molecule has 0 bridgehead atoms. The zero-order valence-corrected chi connectivity index (χ0v) is 15.6. The van der Waals surface area contributed by atoms with Gasteiger partial charge in [0, 0.05) is 30.9 Å². The molecule has 1 N–H and O–H groups in total. The molecule has 138 valence electrons. The van der Waals surface area contributed by atoms with Crippen LogP contribution in [0.25, 0.3) is 0 Å². The van der Waals surface area contributed by atoms with Gasteiger partial charge in [-0.05, 0) is 48.9 Å². The largest absolute Gasteiger partial charge is 0.618 e. The summed E-state index contributed by atoms with van der Waals surface area (Å²) >= 11 is 1.12. The quantitative estimate of drug-likeness (QED) is 0.459. The number of pyridine rings is 1. The second-order valence-corrected chi connectivity index (χ2v) is 8.77. The number of thioether (sulfide) groups is 1. The summed E-state index contributed by atoms with van der Waals surface area (Å²) in [7, 11) is -3.53. The third-order valence-corrected chi connectivity index (χ3v) is 6.87. The van der Waals surface area contributed by atoms with E-state index in [1.165, 1.54) is 22.6 Å². The lowest BCUT2D eigenvalue weighted by atomic mass is 10.3. The second-order valence-electron chi connectivity index (χ2n) is 5.84. The minimum Gasteiger partial charge on any atom is -0.618 e. The third-order valence-electron chi connectivity index (χ3n) is 3.96. The van der Waals surface area contributed by atoms with Gasteiger partial charge in [0.2, 0.25) is 15.9 Å². The van der Waals surface area contributed by atoms with E-state index in [2.05, 4.69) is 5.32 Å². The number of carbonyl (C=O) groups is 1. The zero-order valence-electron chi connectivity index (χ0n) is 14.0. The normalized spacial score (nSPS) is 15.1. The molecule has 7 nitrogen and oxygen atoms in total. The molecule has 0 radical (unpaired) electrons. The summed E-state index contributed by atoms with van der Waals surface area (Å²) in [5.74, 6) is -0.260. The Hall–Kier alpha value is -2.10. The Morgan fingerprint density at radius 2 is 1.96 bits per heavy atom. The smallest absolute Gasteiger partial charge is 0.251 e. The summed E-state index contributed by atoms with van der Waals surface area (Å²) in [4.78, 5) is 12.3. The van der Waals surface area contributed by atoms with Gasteiger partial charge in [-0.3, -0.25) is 4.79 Å². The zero-order chi connectivity index (χ0) is 18.6. The molecule has 0 unspecified atom stereocenters. The maximum absolute atomic E-state index is 12.6. The van der Waals surface area contributed by atoms with Gasteiger partial charge in [0.15, 0.2) is 6.20 Å². The Labute approximate surface area is 156 Å². The molecule has 0 aliphatic carbocycles. The molecule has 0 saturated carbocycles. The Morgan fingerprint density at radius 1 is 1.19 bits per heavy atom. The van der Waals surface area contributed by atoms with Crippen LogP contribution in [0.3, 0.4) is 0 Å². The minimum atomic E-state index is -3.53. The van der Waals surface area contributed by atoms with E-state index < -0.39 is 10.0 Å². The van der Waals surface area contributed by atoms with E-state index in [1.807, 2.05) is 0 Å². The molecule has 1 aliphatic heterocycles. The van der Waals surface area contributed by atoms with Gasteiger partial charge in [0.05, 0.1) is 10.6 Å². The first-order valence-electron chi connectivity index (χ1n) is 8.18. The van der Waals surface area contributed by atoms with E-state index in [-0.39, 0.29) is 16.6 Å². The van der Waals surface area contributed by atoms with E-state index in [9.17, 15) is 18.4 Å². The summed E-state index contributed by atoms with van der Waals surface area (Å²) in [6.45, 7) is 1.06. The van der Waals surface area contributed by atoms with Crippen LogP contribution in [0.15, 0.2) is 58.6 Å². The topological polar surface area (TPSA) is 93.4 Å². The first-order valence-corrected chi connectivity index (χ1v) is 10.6. The van der Waals surface area contributed by atoms with Crippen molar-refractivity contribution >= 4 is 33.4 Å². The molecule has 1 aliphatic rings. The van der Waals surface area contributed by atoms with E-state index in [0.717, 1.165) is 24.6 Å². The van der Waals surface area contributed by atoms with E-state index in [4.69, 9.17) is 0 Å². The van der Waals surface area contributed by atoms with Crippen molar-refractivity contribution in [2.75, 3.05) is 24.2 Å². The molecule has 1 aromatic heterocycles. The number of hydrogen-bond donors (Lipinski definition) is 1. The van der Waals surface area contributed by atoms with Gasteiger partial charge in [0.1, 0.15) is 0 Å². The SMILES string of the molecule is O=C(CSc1cccc[n+]1[O-])Nc1cccc(S(=O)(=O)N2CCCC2)c1. The molecule has 3 rings (SSSR count). The van der Waals surface area contributed by atoms with Gasteiger partial charge in [-0.1, -0.05) is 6.07 Å². The average molecular weight is 393 g/mol. The lowest BCUT2D eigenvalue weighted by Crippen LogP contribution is -2.28. The number of benzene rings is 1. The molecule has 0 atom stereocenters. The van der Waals surface area contributed by atoms with Crippen LogP contribution >= 0.6 is 11.8 Å². The van der Waals surface area contributed by atoms with Gasteiger partial charge in [-0.2, -0.15) is 9.04 Å². The molecular weight excluding hydrogens is 374 g/mol. The number of amides is 1. The van der Waals surface area contributed by atoms with Crippen molar-refractivity contribution < 1.29 is 17.9 Å². The lowest BCUT2D eigenvalue weighted by Gasteiger charge is -2.16. The number of sulfonamides is 1. The summed E-state index contributed by atoms with van der Waals surface area (Å²) in [5.41, 5.74) is 0.416. The highest BCUT2D eigenvalue weighted by atomic mass is 32.2. The Kier molecular flexibility index (Phi) is 5.80. The Bertz CT molecular complexity index is 896. The number of hydrogen-bond acceptors (Lipinski definition) is 5. The van der Waals surface area contributed by atoms with Crippen LogP contribution in [-0.2, 0) is 14.8 Å². The molecule has 1 fully saturated rings. The monoisotopic (exact) mass is 393 g/mol. The number of nitrogens with one attached hydrogen (secondary N) is 1. The van der Waals surface area contributed by atoms with Crippen molar-refractivity contribution in [3.63, 3.8) is 0 Å². The van der Waals surface area contributed by atoms with Crippen molar-refractivity contribution in [3.8, 4) is 0 Å². The van der Waals surface area contributed by atoms with Crippen LogP contribution in [0, 0.1) is 5.21 Å². The Balaban J connectivity index is 1.65. The third kappa shape index (κ3) is 4.35. The first-order chi connectivity index (χ1) is 12.5. The fraction of sp³-hybridized carbons (Fsp3) is 0.294. The Morgan fingerprint density at radius 3 is 2.69 bits per heavy atom. The van der Waals surface area contributed by atoms with E-state index in [1.54, 1.807) is 30.3 Å².